The van der Waals surface area contributed by atoms with Crippen LogP contribution in [0.15, 0.2) is 42.5 Å². The molecule has 6 heteroatoms. The minimum Gasteiger partial charge on any atom is -0.348 e. The summed E-state index contributed by atoms with van der Waals surface area (Å²) in [6.45, 7) is 6.10. The third kappa shape index (κ3) is 6.38. The summed E-state index contributed by atoms with van der Waals surface area (Å²) >= 11 is 5.88. The van der Waals surface area contributed by atoms with Crippen LogP contribution in [0.5, 0.6) is 0 Å². The Morgan fingerprint density at radius 3 is 2.15 bits per heavy atom. The third-order valence-corrected chi connectivity index (χ3v) is 4.57. The van der Waals surface area contributed by atoms with Crippen molar-refractivity contribution in [3.8, 4) is 0 Å². The first-order valence-corrected chi connectivity index (χ1v) is 9.23. The Morgan fingerprint density at radius 1 is 1.00 bits per heavy atom. The Morgan fingerprint density at radius 2 is 1.56 bits per heavy atom. The van der Waals surface area contributed by atoms with Crippen LogP contribution in [0.25, 0.3) is 0 Å². The Balaban J connectivity index is 1.83. The van der Waals surface area contributed by atoms with Gasteiger partial charge >= 0.3 is 0 Å². The lowest BCUT2D eigenvalue weighted by Crippen LogP contribution is -2.39. The molecule has 2 aromatic carbocycles. The van der Waals surface area contributed by atoms with Gasteiger partial charge in [-0.25, -0.2) is 0 Å². The summed E-state index contributed by atoms with van der Waals surface area (Å²) in [6.07, 6.45) is 0. The van der Waals surface area contributed by atoms with Gasteiger partial charge in [0.1, 0.15) is 0 Å². The van der Waals surface area contributed by atoms with Crippen molar-refractivity contribution in [2.24, 2.45) is 0 Å². The second kappa shape index (κ2) is 9.53. The largest absolute Gasteiger partial charge is 0.348 e. The number of carbonyl (C=O) groups is 2. The van der Waals surface area contributed by atoms with Gasteiger partial charge in [0.05, 0.1) is 19.1 Å². The zero-order valence-electron chi connectivity index (χ0n) is 16.2. The minimum absolute atomic E-state index is 0.133. The van der Waals surface area contributed by atoms with E-state index >= 15 is 0 Å². The predicted octanol–water partition coefficient (Wildman–Crippen LogP) is 3.70. The van der Waals surface area contributed by atoms with Gasteiger partial charge in [-0.15, -0.1) is 0 Å². The van der Waals surface area contributed by atoms with Crippen LogP contribution in [-0.4, -0.2) is 36.9 Å². The molecule has 27 heavy (non-hydrogen) atoms. The molecule has 2 rings (SSSR count). The Kier molecular flexibility index (Phi) is 7.39. The first-order valence-electron chi connectivity index (χ1n) is 8.85. The molecule has 2 amide bonds. The van der Waals surface area contributed by atoms with Gasteiger partial charge in [0.25, 0.3) is 0 Å². The summed E-state index contributed by atoms with van der Waals surface area (Å²) in [5, 5.41) is 6.52. The second-order valence-electron chi connectivity index (χ2n) is 6.83. The number of para-hydroxylation sites is 1. The van der Waals surface area contributed by atoms with Gasteiger partial charge in [-0.2, -0.15) is 0 Å². The number of aryl methyl sites for hydroxylation is 2. The highest BCUT2D eigenvalue weighted by Gasteiger charge is 2.14. The number of hydrogen-bond donors (Lipinski definition) is 2. The van der Waals surface area contributed by atoms with Crippen molar-refractivity contribution in [3.05, 3.63) is 64.2 Å². The van der Waals surface area contributed by atoms with E-state index in [0.29, 0.717) is 5.02 Å². The van der Waals surface area contributed by atoms with Crippen molar-refractivity contribution in [2.75, 3.05) is 25.5 Å². The molecular formula is C21H26ClN3O2. The second-order valence-corrected chi connectivity index (χ2v) is 7.26. The van der Waals surface area contributed by atoms with Crippen LogP contribution in [0, 0.1) is 13.8 Å². The maximum Gasteiger partial charge on any atom is 0.238 e. The zero-order valence-corrected chi connectivity index (χ0v) is 16.9. The molecule has 0 aromatic heterocycles. The van der Waals surface area contributed by atoms with E-state index in [-0.39, 0.29) is 30.9 Å². The van der Waals surface area contributed by atoms with Crippen molar-refractivity contribution in [2.45, 2.75) is 26.8 Å². The fourth-order valence-electron chi connectivity index (χ4n) is 2.86. The Labute approximate surface area is 165 Å². The van der Waals surface area contributed by atoms with Gasteiger partial charge < -0.3 is 10.6 Å². The number of carbonyl (C=O) groups excluding carboxylic acids is 2. The minimum atomic E-state index is -0.145. The van der Waals surface area contributed by atoms with Crippen molar-refractivity contribution >= 4 is 29.1 Å². The van der Waals surface area contributed by atoms with Crippen molar-refractivity contribution in [3.63, 3.8) is 0 Å². The van der Waals surface area contributed by atoms with Gasteiger partial charge in [0.2, 0.25) is 11.8 Å². The maximum atomic E-state index is 12.3. The van der Waals surface area contributed by atoms with E-state index in [4.69, 9.17) is 11.6 Å². The number of rotatable bonds is 7. The average Bonchev–Trinajstić information content (AvgIpc) is 2.58. The fourth-order valence-corrected chi connectivity index (χ4v) is 2.98. The predicted molar refractivity (Wildman–Crippen MR) is 110 cm³/mol. The van der Waals surface area contributed by atoms with Crippen LogP contribution in [0.2, 0.25) is 5.02 Å². The number of nitrogens with one attached hydrogen (secondary N) is 2. The zero-order chi connectivity index (χ0) is 20.0. The highest BCUT2D eigenvalue weighted by Crippen LogP contribution is 2.19. The molecular weight excluding hydrogens is 362 g/mol. The number of hydrogen-bond acceptors (Lipinski definition) is 3. The molecule has 1 atom stereocenters. The van der Waals surface area contributed by atoms with Crippen molar-refractivity contribution in [1.29, 1.82) is 0 Å². The average molecular weight is 388 g/mol. The van der Waals surface area contributed by atoms with E-state index < -0.39 is 0 Å². The van der Waals surface area contributed by atoms with Crippen molar-refractivity contribution in [1.82, 2.24) is 10.2 Å². The molecule has 0 heterocycles. The van der Waals surface area contributed by atoms with E-state index in [9.17, 15) is 9.59 Å². The lowest BCUT2D eigenvalue weighted by Gasteiger charge is -2.19. The molecule has 144 valence electrons. The molecule has 0 saturated carbocycles. The van der Waals surface area contributed by atoms with E-state index in [1.165, 1.54) is 0 Å². The van der Waals surface area contributed by atoms with E-state index in [1.54, 1.807) is 24.1 Å². The van der Waals surface area contributed by atoms with Gasteiger partial charge in [0, 0.05) is 10.7 Å². The Bertz CT molecular complexity index is 785. The van der Waals surface area contributed by atoms with Crippen LogP contribution < -0.4 is 10.6 Å². The molecule has 0 saturated heterocycles. The van der Waals surface area contributed by atoms with Gasteiger partial charge in [-0.05, 0) is 56.6 Å². The summed E-state index contributed by atoms with van der Waals surface area (Å²) in [5.74, 6) is -0.284. The topological polar surface area (TPSA) is 61.4 Å². The monoisotopic (exact) mass is 387 g/mol. The Hall–Kier alpha value is -2.37. The molecule has 5 nitrogen and oxygen atoms in total. The number of amides is 2. The normalized spacial score (nSPS) is 11.9. The van der Waals surface area contributed by atoms with Gasteiger partial charge in [-0.1, -0.05) is 41.9 Å². The lowest BCUT2D eigenvalue weighted by molar-refractivity contribution is -0.123. The molecule has 2 N–H and O–H groups in total. The lowest BCUT2D eigenvalue weighted by atomic mass is 10.1. The SMILES string of the molecule is Cc1cccc(C)c1NC(=O)CN(C)CC(=O)NC(C)c1ccc(Cl)cc1. The number of anilines is 1. The number of benzene rings is 2. The van der Waals surface area contributed by atoms with E-state index in [2.05, 4.69) is 10.6 Å². The van der Waals surface area contributed by atoms with Gasteiger partial charge in [0.15, 0.2) is 0 Å². The molecule has 0 radical (unpaired) electrons. The van der Waals surface area contributed by atoms with Crippen LogP contribution in [0.1, 0.15) is 29.7 Å². The molecule has 1 unspecified atom stereocenters. The van der Waals surface area contributed by atoms with Crippen LogP contribution >= 0.6 is 11.6 Å². The summed E-state index contributed by atoms with van der Waals surface area (Å²) in [7, 11) is 1.75. The highest BCUT2D eigenvalue weighted by atomic mass is 35.5. The fraction of sp³-hybridized carbons (Fsp3) is 0.333. The highest BCUT2D eigenvalue weighted by molar-refractivity contribution is 6.30. The number of nitrogens with zero attached hydrogens (tertiary/aromatic N) is 1. The molecule has 0 spiro atoms. The quantitative estimate of drug-likeness (QED) is 0.761. The first-order chi connectivity index (χ1) is 12.8. The smallest absolute Gasteiger partial charge is 0.238 e. The van der Waals surface area contributed by atoms with Crippen LogP contribution in [0.3, 0.4) is 0 Å². The summed E-state index contributed by atoms with van der Waals surface area (Å²) in [4.78, 5) is 26.2. The summed E-state index contributed by atoms with van der Waals surface area (Å²) < 4.78 is 0. The summed E-state index contributed by atoms with van der Waals surface area (Å²) in [5.41, 5.74) is 3.83. The molecule has 0 aliphatic rings. The molecule has 0 fully saturated rings. The number of likely N-dealkylation sites (N-methyl/N-ethyl adjacent to an activating group) is 1. The molecule has 0 aliphatic carbocycles. The van der Waals surface area contributed by atoms with Crippen LogP contribution in [-0.2, 0) is 9.59 Å². The standard InChI is InChI=1S/C21H26ClN3O2/c1-14-6-5-7-15(2)21(14)24-20(27)13-25(4)12-19(26)23-16(3)17-8-10-18(22)11-9-17/h5-11,16H,12-13H2,1-4H3,(H,23,26)(H,24,27). The number of halogens is 1. The maximum absolute atomic E-state index is 12.3. The molecule has 0 aliphatic heterocycles. The molecule has 2 aromatic rings. The summed E-state index contributed by atoms with van der Waals surface area (Å²) in [6, 6.07) is 13.1. The van der Waals surface area contributed by atoms with E-state index in [1.807, 2.05) is 51.1 Å². The molecule has 0 bridgehead atoms. The van der Waals surface area contributed by atoms with Gasteiger partial charge in [-0.3, -0.25) is 14.5 Å². The third-order valence-electron chi connectivity index (χ3n) is 4.32. The van der Waals surface area contributed by atoms with E-state index in [0.717, 1.165) is 22.4 Å². The van der Waals surface area contributed by atoms with Crippen molar-refractivity contribution < 1.29 is 9.59 Å². The van der Waals surface area contributed by atoms with Crippen LogP contribution in [0.4, 0.5) is 5.69 Å². The first kappa shape index (κ1) is 20.9.